The summed E-state index contributed by atoms with van der Waals surface area (Å²) in [6.45, 7) is 4.80. The van der Waals surface area contributed by atoms with Crippen molar-refractivity contribution in [1.82, 2.24) is 14.9 Å². The first-order valence-corrected chi connectivity index (χ1v) is 8.10. The van der Waals surface area contributed by atoms with Crippen LogP contribution in [0.5, 0.6) is 11.5 Å². The second-order valence-electron chi connectivity index (χ2n) is 5.79. The maximum Gasteiger partial charge on any atom is 0.231 e. The lowest BCUT2D eigenvalue weighted by Crippen LogP contribution is -2.32. The minimum atomic E-state index is -0.00104. The molecule has 1 fully saturated rings. The van der Waals surface area contributed by atoms with Gasteiger partial charge in [-0.05, 0) is 19.4 Å². The Hall–Kier alpha value is -2.05. The van der Waals surface area contributed by atoms with Crippen molar-refractivity contribution >= 4 is 0 Å². The average Bonchev–Trinajstić information content (AvgIpc) is 3.30. The van der Waals surface area contributed by atoms with E-state index in [9.17, 15) is 0 Å². The molecule has 0 amide bonds. The Bertz CT molecular complexity index is 685. The van der Waals surface area contributed by atoms with Crippen LogP contribution in [0.1, 0.15) is 30.8 Å². The molecule has 2 aliphatic heterocycles. The fourth-order valence-electron chi connectivity index (χ4n) is 3.27. The van der Waals surface area contributed by atoms with E-state index in [2.05, 4.69) is 27.9 Å². The standard InChI is InChI=1S/C17H21N3O3/c1-2-20-8-7-18-17(20)16-13(6-9-21-16)19-10-12-4-3-5-14-15(12)23-11-22-14/h3-5,7-8,13,16,19H,2,6,9-11H2,1H3/t13-,16-/m0/s1. The molecular formula is C17H21N3O3. The van der Waals surface area contributed by atoms with Crippen LogP contribution in [0.4, 0.5) is 0 Å². The summed E-state index contributed by atoms with van der Waals surface area (Å²) in [5.74, 6) is 2.68. The van der Waals surface area contributed by atoms with Gasteiger partial charge in [0.2, 0.25) is 6.79 Å². The first-order chi connectivity index (χ1) is 11.4. The molecule has 6 heteroatoms. The molecule has 122 valence electrons. The summed E-state index contributed by atoms with van der Waals surface area (Å²) in [6, 6.07) is 6.25. The van der Waals surface area contributed by atoms with Crippen LogP contribution >= 0.6 is 0 Å². The second kappa shape index (κ2) is 6.22. The lowest BCUT2D eigenvalue weighted by atomic mass is 10.1. The maximum absolute atomic E-state index is 5.93. The van der Waals surface area contributed by atoms with Crippen molar-refractivity contribution in [3.05, 3.63) is 42.0 Å². The Labute approximate surface area is 135 Å². The summed E-state index contributed by atoms with van der Waals surface area (Å²) >= 11 is 0. The Morgan fingerprint density at radius 2 is 2.30 bits per heavy atom. The van der Waals surface area contributed by atoms with Crippen LogP contribution in [-0.2, 0) is 17.8 Å². The zero-order chi connectivity index (χ0) is 15.6. The van der Waals surface area contributed by atoms with Gasteiger partial charge in [-0.3, -0.25) is 0 Å². The van der Waals surface area contributed by atoms with Crippen LogP contribution in [0.2, 0.25) is 0 Å². The van der Waals surface area contributed by atoms with Crippen molar-refractivity contribution in [2.45, 2.75) is 38.6 Å². The summed E-state index contributed by atoms with van der Waals surface area (Å²) in [5.41, 5.74) is 1.12. The highest BCUT2D eigenvalue weighted by molar-refractivity contribution is 5.48. The maximum atomic E-state index is 5.93. The Balaban J connectivity index is 1.47. The van der Waals surface area contributed by atoms with Crippen LogP contribution in [-0.4, -0.2) is 29.0 Å². The van der Waals surface area contributed by atoms with Gasteiger partial charge < -0.3 is 24.1 Å². The minimum absolute atomic E-state index is 0.00104. The fraction of sp³-hybridized carbons (Fsp3) is 0.471. The number of benzene rings is 1. The van der Waals surface area contributed by atoms with Crippen molar-refractivity contribution in [1.29, 1.82) is 0 Å². The van der Waals surface area contributed by atoms with Gasteiger partial charge in [0, 0.05) is 43.7 Å². The second-order valence-corrected chi connectivity index (χ2v) is 5.79. The van der Waals surface area contributed by atoms with E-state index >= 15 is 0 Å². The molecule has 2 aliphatic rings. The van der Waals surface area contributed by atoms with Crippen molar-refractivity contribution in [2.75, 3.05) is 13.4 Å². The van der Waals surface area contributed by atoms with Crippen LogP contribution in [0.25, 0.3) is 0 Å². The number of imidazole rings is 1. The summed E-state index contributed by atoms with van der Waals surface area (Å²) in [7, 11) is 0. The molecule has 0 saturated carbocycles. The summed E-state index contributed by atoms with van der Waals surface area (Å²) < 4.78 is 19.1. The van der Waals surface area contributed by atoms with Crippen LogP contribution in [0, 0.1) is 0 Å². The topological polar surface area (TPSA) is 57.5 Å². The quantitative estimate of drug-likeness (QED) is 0.917. The lowest BCUT2D eigenvalue weighted by Gasteiger charge is -2.20. The van der Waals surface area contributed by atoms with E-state index < -0.39 is 0 Å². The predicted octanol–water partition coefficient (Wildman–Crippen LogP) is 2.25. The summed E-state index contributed by atoms with van der Waals surface area (Å²) in [4.78, 5) is 4.49. The molecule has 1 aromatic heterocycles. The van der Waals surface area contributed by atoms with Crippen LogP contribution < -0.4 is 14.8 Å². The third kappa shape index (κ3) is 2.68. The number of nitrogens with one attached hydrogen (secondary N) is 1. The fourth-order valence-corrected chi connectivity index (χ4v) is 3.27. The van der Waals surface area contributed by atoms with Gasteiger partial charge in [-0.15, -0.1) is 0 Å². The molecule has 3 heterocycles. The highest BCUT2D eigenvalue weighted by Crippen LogP contribution is 2.36. The van der Waals surface area contributed by atoms with Gasteiger partial charge in [-0.2, -0.15) is 0 Å². The number of fused-ring (bicyclic) bond motifs is 1. The van der Waals surface area contributed by atoms with Gasteiger partial charge in [0.1, 0.15) is 11.9 Å². The molecule has 2 atom stereocenters. The predicted molar refractivity (Wildman–Crippen MR) is 84.4 cm³/mol. The van der Waals surface area contributed by atoms with Gasteiger partial charge in [-0.1, -0.05) is 12.1 Å². The van der Waals surface area contributed by atoms with E-state index in [0.717, 1.165) is 49.0 Å². The largest absolute Gasteiger partial charge is 0.454 e. The molecule has 6 nitrogen and oxygen atoms in total. The molecule has 23 heavy (non-hydrogen) atoms. The number of rotatable bonds is 5. The van der Waals surface area contributed by atoms with Gasteiger partial charge in [-0.25, -0.2) is 4.98 Å². The van der Waals surface area contributed by atoms with Crippen LogP contribution in [0.15, 0.2) is 30.6 Å². The summed E-state index contributed by atoms with van der Waals surface area (Å²) in [5, 5.41) is 3.60. The van der Waals surface area contributed by atoms with Gasteiger partial charge in [0.25, 0.3) is 0 Å². The van der Waals surface area contributed by atoms with E-state index in [1.807, 2.05) is 24.5 Å². The van der Waals surface area contributed by atoms with Gasteiger partial charge in [0.05, 0.1) is 0 Å². The molecule has 4 rings (SSSR count). The van der Waals surface area contributed by atoms with E-state index in [0.29, 0.717) is 6.79 Å². The van der Waals surface area contributed by atoms with Crippen molar-refractivity contribution in [3.63, 3.8) is 0 Å². The Kier molecular flexibility index (Phi) is 3.93. The van der Waals surface area contributed by atoms with E-state index in [1.165, 1.54) is 0 Å². The number of aryl methyl sites for hydroxylation is 1. The van der Waals surface area contributed by atoms with Crippen molar-refractivity contribution in [3.8, 4) is 11.5 Å². The number of ether oxygens (including phenoxy) is 3. The summed E-state index contributed by atoms with van der Waals surface area (Å²) in [6.07, 6.45) is 4.82. The zero-order valence-corrected chi connectivity index (χ0v) is 13.2. The number of nitrogens with zero attached hydrogens (tertiary/aromatic N) is 2. The minimum Gasteiger partial charge on any atom is -0.454 e. The van der Waals surface area contributed by atoms with Crippen LogP contribution in [0.3, 0.4) is 0 Å². The Morgan fingerprint density at radius 1 is 1.35 bits per heavy atom. The molecule has 0 bridgehead atoms. The average molecular weight is 315 g/mol. The Morgan fingerprint density at radius 3 is 3.22 bits per heavy atom. The lowest BCUT2D eigenvalue weighted by molar-refractivity contribution is 0.0885. The van der Waals surface area contributed by atoms with E-state index in [1.54, 1.807) is 0 Å². The highest BCUT2D eigenvalue weighted by atomic mass is 16.7. The SMILES string of the molecule is CCn1ccnc1[C@H]1OCC[C@@H]1NCc1cccc2c1OCO2. The number of para-hydroxylation sites is 1. The first kappa shape index (κ1) is 14.5. The molecule has 1 N–H and O–H groups in total. The molecular weight excluding hydrogens is 294 g/mol. The molecule has 2 aromatic rings. The molecule has 0 radical (unpaired) electrons. The molecule has 0 unspecified atom stereocenters. The molecule has 1 saturated heterocycles. The molecule has 0 aliphatic carbocycles. The molecule has 1 aromatic carbocycles. The smallest absolute Gasteiger partial charge is 0.231 e. The first-order valence-electron chi connectivity index (χ1n) is 8.10. The zero-order valence-electron chi connectivity index (χ0n) is 13.2. The normalized spacial score (nSPS) is 22.7. The van der Waals surface area contributed by atoms with Gasteiger partial charge >= 0.3 is 0 Å². The van der Waals surface area contributed by atoms with E-state index in [4.69, 9.17) is 14.2 Å². The highest BCUT2D eigenvalue weighted by Gasteiger charge is 2.32. The number of hydrogen-bond donors (Lipinski definition) is 1. The van der Waals surface area contributed by atoms with Crippen molar-refractivity contribution < 1.29 is 14.2 Å². The van der Waals surface area contributed by atoms with Crippen molar-refractivity contribution in [2.24, 2.45) is 0 Å². The third-order valence-corrected chi connectivity index (χ3v) is 4.47. The number of hydrogen-bond acceptors (Lipinski definition) is 5. The van der Waals surface area contributed by atoms with E-state index in [-0.39, 0.29) is 12.1 Å². The number of aromatic nitrogens is 2. The monoisotopic (exact) mass is 315 g/mol. The van der Waals surface area contributed by atoms with Gasteiger partial charge in [0.15, 0.2) is 11.5 Å². The molecule has 0 spiro atoms. The third-order valence-electron chi connectivity index (χ3n) is 4.47.